The van der Waals surface area contributed by atoms with Crippen LogP contribution in [-0.4, -0.2) is 23.2 Å². The highest BCUT2D eigenvalue weighted by Gasteiger charge is 2.18. The number of nitrogens with two attached hydrogens (primary N) is 1. The number of H-pyrrole nitrogens is 1. The molecule has 0 aliphatic rings. The second-order valence-electron chi connectivity index (χ2n) is 5.85. The number of aromatic nitrogens is 3. The number of hydrogen-bond donors (Lipinski definition) is 2. The number of nitrogens with one attached hydrogen (secondary N) is 1. The van der Waals surface area contributed by atoms with Gasteiger partial charge in [-0.25, -0.2) is 22.6 Å². The fourth-order valence-corrected chi connectivity index (χ4v) is 3.40. The highest BCUT2D eigenvalue weighted by atomic mass is 32.2. The van der Waals surface area contributed by atoms with Crippen LogP contribution in [0.2, 0.25) is 0 Å². The number of primary sulfonamides is 1. The van der Waals surface area contributed by atoms with E-state index in [4.69, 9.17) is 5.14 Å². The molecule has 0 fully saturated rings. The number of benzene rings is 2. The Hall–Kier alpha value is -3.30. The maximum Gasteiger partial charge on any atom is 0.259 e. The molecule has 3 N–H and O–H groups in total. The lowest BCUT2D eigenvalue weighted by molar-refractivity contribution is 0.598. The standard InChI is InChI=1S/C18H13FN4O3S/c19-13-3-1-2-4-14(13)23-15-9-10-21-18(24)16(15)17(22-23)11-5-7-12(8-6-11)27(20,25)26/h1-10H,(H,21,24)(H2,20,25,26). The summed E-state index contributed by atoms with van der Waals surface area (Å²) < 4.78 is 38.5. The Bertz CT molecular complexity index is 1320. The molecule has 136 valence electrons. The van der Waals surface area contributed by atoms with Crippen molar-refractivity contribution in [3.05, 3.63) is 77.0 Å². The van der Waals surface area contributed by atoms with Crippen LogP contribution in [0, 0.1) is 5.82 Å². The third-order valence-corrected chi connectivity index (χ3v) is 5.07. The van der Waals surface area contributed by atoms with Gasteiger partial charge in [0.05, 0.1) is 15.8 Å². The number of nitrogens with zero attached hydrogens (tertiary/aromatic N) is 2. The maximum atomic E-state index is 14.3. The average Bonchev–Trinajstić information content (AvgIpc) is 3.02. The van der Waals surface area contributed by atoms with E-state index in [2.05, 4.69) is 10.1 Å². The molecule has 0 saturated carbocycles. The number of hydrogen-bond acceptors (Lipinski definition) is 4. The van der Waals surface area contributed by atoms with Gasteiger partial charge in [-0.2, -0.15) is 5.10 Å². The Morgan fingerprint density at radius 2 is 1.74 bits per heavy atom. The summed E-state index contributed by atoms with van der Waals surface area (Å²) in [5, 5.41) is 9.80. The van der Waals surface area contributed by atoms with Crippen LogP contribution in [0.25, 0.3) is 27.8 Å². The molecule has 2 aromatic heterocycles. The van der Waals surface area contributed by atoms with Crippen molar-refractivity contribution in [2.24, 2.45) is 5.14 Å². The number of pyridine rings is 1. The molecule has 0 radical (unpaired) electrons. The zero-order valence-corrected chi connectivity index (χ0v) is 14.6. The Balaban J connectivity index is 2.00. The van der Waals surface area contributed by atoms with E-state index in [0.717, 1.165) is 0 Å². The van der Waals surface area contributed by atoms with Crippen LogP contribution < -0.4 is 10.7 Å². The zero-order valence-electron chi connectivity index (χ0n) is 13.8. The molecule has 0 aliphatic heterocycles. The van der Waals surface area contributed by atoms with Crippen molar-refractivity contribution in [3.8, 4) is 16.9 Å². The Labute approximate surface area is 152 Å². The summed E-state index contributed by atoms with van der Waals surface area (Å²) >= 11 is 0. The molecule has 2 aromatic carbocycles. The molecule has 0 aliphatic carbocycles. The summed E-state index contributed by atoms with van der Waals surface area (Å²) in [5.41, 5.74) is 1.03. The first-order valence-electron chi connectivity index (χ1n) is 7.85. The Morgan fingerprint density at radius 1 is 1.04 bits per heavy atom. The molecule has 4 rings (SSSR count). The van der Waals surface area contributed by atoms with Gasteiger partial charge in [0.15, 0.2) is 0 Å². The second kappa shape index (κ2) is 6.15. The van der Waals surface area contributed by atoms with Crippen molar-refractivity contribution in [1.82, 2.24) is 14.8 Å². The number of para-hydroxylation sites is 1. The molecule has 7 nitrogen and oxygen atoms in total. The minimum Gasteiger partial charge on any atom is -0.328 e. The molecule has 0 atom stereocenters. The highest BCUT2D eigenvalue weighted by Crippen LogP contribution is 2.28. The first-order valence-corrected chi connectivity index (χ1v) is 9.39. The second-order valence-corrected chi connectivity index (χ2v) is 7.41. The van der Waals surface area contributed by atoms with Crippen LogP contribution in [0.4, 0.5) is 4.39 Å². The lowest BCUT2D eigenvalue weighted by Gasteiger charge is -2.04. The van der Waals surface area contributed by atoms with Crippen LogP contribution >= 0.6 is 0 Å². The van der Waals surface area contributed by atoms with E-state index in [-0.39, 0.29) is 21.5 Å². The van der Waals surface area contributed by atoms with E-state index >= 15 is 0 Å². The number of sulfonamides is 1. The quantitative estimate of drug-likeness (QED) is 0.564. The van der Waals surface area contributed by atoms with Gasteiger partial charge in [0.2, 0.25) is 10.0 Å². The van der Waals surface area contributed by atoms with Gasteiger partial charge in [0.1, 0.15) is 17.2 Å². The molecular formula is C18H13FN4O3S. The van der Waals surface area contributed by atoms with Crippen LogP contribution in [-0.2, 0) is 10.0 Å². The summed E-state index contributed by atoms with van der Waals surface area (Å²) in [5.74, 6) is -0.488. The van der Waals surface area contributed by atoms with Gasteiger partial charge in [0, 0.05) is 11.8 Å². The molecule has 0 saturated heterocycles. The third-order valence-electron chi connectivity index (χ3n) is 4.14. The fourth-order valence-electron chi connectivity index (χ4n) is 2.89. The minimum atomic E-state index is -3.84. The smallest absolute Gasteiger partial charge is 0.259 e. The van der Waals surface area contributed by atoms with Crippen molar-refractivity contribution in [2.75, 3.05) is 0 Å². The zero-order chi connectivity index (χ0) is 19.2. The van der Waals surface area contributed by atoms with Gasteiger partial charge in [0.25, 0.3) is 5.56 Å². The largest absolute Gasteiger partial charge is 0.328 e. The lowest BCUT2D eigenvalue weighted by Crippen LogP contribution is -2.11. The van der Waals surface area contributed by atoms with Gasteiger partial charge in [-0.15, -0.1) is 0 Å². The first kappa shape index (κ1) is 17.1. The SMILES string of the molecule is NS(=O)(=O)c1ccc(-c2nn(-c3ccccc3F)c3cc[nH]c(=O)c23)cc1. The van der Waals surface area contributed by atoms with Crippen molar-refractivity contribution in [3.63, 3.8) is 0 Å². The van der Waals surface area contributed by atoms with Gasteiger partial charge < -0.3 is 4.98 Å². The van der Waals surface area contributed by atoms with E-state index in [0.29, 0.717) is 16.8 Å². The van der Waals surface area contributed by atoms with Crippen LogP contribution in [0.15, 0.2) is 70.5 Å². The van der Waals surface area contributed by atoms with Crippen molar-refractivity contribution in [1.29, 1.82) is 0 Å². The molecule has 4 aromatic rings. The first-order chi connectivity index (χ1) is 12.9. The predicted molar refractivity (Wildman–Crippen MR) is 98.5 cm³/mol. The van der Waals surface area contributed by atoms with Gasteiger partial charge >= 0.3 is 0 Å². The Kier molecular flexibility index (Phi) is 3.90. The summed E-state index contributed by atoms with van der Waals surface area (Å²) in [6.45, 7) is 0. The van der Waals surface area contributed by atoms with E-state index in [1.165, 1.54) is 41.2 Å². The monoisotopic (exact) mass is 384 g/mol. The fraction of sp³-hybridized carbons (Fsp3) is 0. The number of halogens is 1. The molecule has 0 spiro atoms. The molecule has 0 unspecified atom stereocenters. The molecule has 0 bridgehead atoms. The molecule has 2 heterocycles. The predicted octanol–water partition coefficient (Wildman–Crippen LogP) is 2.17. The summed E-state index contributed by atoms with van der Waals surface area (Å²) in [6.07, 6.45) is 1.46. The molecule has 9 heteroatoms. The van der Waals surface area contributed by atoms with Crippen molar-refractivity contribution >= 4 is 20.9 Å². The van der Waals surface area contributed by atoms with Gasteiger partial charge in [-0.05, 0) is 30.3 Å². The summed E-state index contributed by atoms with van der Waals surface area (Å²) in [7, 11) is -3.84. The van der Waals surface area contributed by atoms with Crippen LogP contribution in [0.3, 0.4) is 0 Å². The van der Waals surface area contributed by atoms with Crippen LogP contribution in [0.5, 0.6) is 0 Å². The third kappa shape index (κ3) is 2.92. The number of aromatic amines is 1. The molecule has 27 heavy (non-hydrogen) atoms. The summed E-state index contributed by atoms with van der Waals surface area (Å²) in [6, 6.07) is 13.4. The van der Waals surface area contributed by atoms with Gasteiger partial charge in [-0.1, -0.05) is 24.3 Å². The maximum absolute atomic E-state index is 14.3. The lowest BCUT2D eigenvalue weighted by atomic mass is 10.1. The molecular weight excluding hydrogens is 371 g/mol. The van der Waals surface area contributed by atoms with E-state index in [1.807, 2.05) is 0 Å². The van der Waals surface area contributed by atoms with Gasteiger partial charge in [-0.3, -0.25) is 4.79 Å². The highest BCUT2D eigenvalue weighted by molar-refractivity contribution is 7.89. The topological polar surface area (TPSA) is 111 Å². The Morgan fingerprint density at radius 3 is 2.41 bits per heavy atom. The average molecular weight is 384 g/mol. The van der Waals surface area contributed by atoms with Crippen molar-refractivity contribution in [2.45, 2.75) is 4.90 Å². The summed E-state index contributed by atoms with van der Waals surface area (Å²) in [4.78, 5) is 14.9. The normalized spacial score (nSPS) is 11.8. The van der Waals surface area contributed by atoms with E-state index in [9.17, 15) is 17.6 Å². The number of rotatable bonds is 3. The van der Waals surface area contributed by atoms with Crippen LogP contribution in [0.1, 0.15) is 0 Å². The van der Waals surface area contributed by atoms with Crippen molar-refractivity contribution < 1.29 is 12.8 Å². The minimum absolute atomic E-state index is 0.0574. The molecule has 0 amide bonds. The van der Waals surface area contributed by atoms with E-state index in [1.54, 1.807) is 24.3 Å². The number of fused-ring (bicyclic) bond motifs is 1. The van der Waals surface area contributed by atoms with E-state index < -0.39 is 15.8 Å².